The summed E-state index contributed by atoms with van der Waals surface area (Å²) in [5.41, 5.74) is 3.67. The molecular weight excluding hydrogens is 280 g/mol. The standard InChI is InChI=1S/C17H20N2OS/c1-12(13-6-7-21-11-13)19-15(10-20)8-14-9-18-17-5-3-2-4-16(14)17/h2-7,9,11-12,15,18-20H,8,10H2,1H3/t12-,15+/m1/s1. The summed E-state index contributed by atoms with van der Waals surface area (Å²) in [6, 6.07) is 10.7. The van der Waals surface area contributed by atoms with E-state index in [2.05, 4.69) is 52.3 Å². The minimum atomic E-state index is 0.0547. The summed E-state index contributed by atoms with van der Waals surface area (Å²) in [6.45, 7) is 2.27. The van der Waals surface area contributed by atoms with Crippen molar-refractivity contribution in [2.45, 2.75) is 25.4 Å². The molecule has 0 bridgehead atoms. The highest BCUT2D eigenvalue weighted by Crippen LogP contribution is 2.21. The van der Waals surface area contributed by atoms with Gasteiger partial charge in [0.25, 0.3) is 0 Å². The first kappa shape index (κ1) is 14.3. The minimum absolute atomic E-state index is 0.0547. The number of benzene rings is 1. The normalized spacial score (nSPS) is 14.4. The Morgan fingerprint density at radius 3 is 2.90 bits per heavy atom. The Balaban J connectivity index is 1.72. The number of thiophene rings is 1. The van der Waals surface area contributed by atoms with Crippen molar-refractivity contribution in [3.8, 4) is 0 Å². The molecule has 110 valence electrons. The summed E-state index contributed by atoms with van der Waals surface area (Å²) in [5, 5.41) is 18.7. The van der Waals surface area contributed by atoms with Crippen LogP contribution in [0.5, 0.6) is 0 Å². The lowest BCUT2D eigenvalue weighted by Crippen LogP contribution is -2.36. The van der Waals surface area contributed by atoms with E-state index in [0.717, 1.165) is 11.9 Å². The van der Waals surface area contributed by atoms with E-state index in [4.69, 9.17) is 0 Å². The second-order valence-corrected chi connectivity index (χ2v) is 6.17. The Bertz CT molecular complexity index is 690. The van der Waals surface area contributed by atoms with Crippen LogP contribution in [-0.2, 0) is 6.42 Å². The molecule has 0 aliphatic heterocycles. The fourth-order valence-electron chi connectivity index (χ4n) is 2.71. The number of nitrogens with one attached hydrogen (secondary N) is 2. The van der Waals surface area contributed by atoms with Crippen LogP contribution in [0.15, 0.2) is 47.3 Å². The van der Waals surface area contributed by atoms with Gasteiger partial charge in [-0.25, -0.2) is 0 Å². The van der Waals surface area contributed by atoms with Crippen LogP contribution in [0.4, 0.5) is 0 Å². The van der Waals surface area contributed by atoms with Gasteiger partial charge in [-0.05, 0) is 47.4 Å². The molecule has 0 aliphatic carbocycles. The Hall–Kier alpha value is -1.62. The fourth-order valence-corrected chi connectivity index (χ4v) is 3.47. The zero-order valence-electron chi connectivity index (χ0n) is 12.0. The van der Waals surface area contributed by atoms with Gasteiger partial charge in [0.2, 0.25) is 0 Å². The van der Waals surface area contributed by atoms with E-state index in [1.165, 1.54) is 16.5 Å². The highest BCUT2D eigenvalue weighted by molar-refractivity contribution is 7.07. The minimum Gasteiger partial charge on any atom is -0.395 e. The number of H-pyrrole nitrogens is 1. The van der Waals surface area contributed by atoms with Gasteiger partial charge in [-0.2, -0.15) is 11.3 Å². The smallest absolute Gasteiger partial charge is 0.0588 e. The monoisotopic (exact) mass is 300 g/mol. The van der Waals surface area contributed by atoms with Gasteiger partial charge in [0, 0.05) is 29.2 Å². The van der Waals surface area contributed by atoms with E-state index < -0.39 is 0 Å². The molecule has 0 fully saturated rings. The zero-order valence-corrected chi connectivity index (χ0v) is 12.9. The van der Waals surface area contributed by atoms with E-state index in [9.17, 15) is 5.11 Å². The molecule has 0 amide bonds. The highest BCUT2D eigenvalue weighted by atomic mass is 32.1. The first-order chi connectivity index (χ1) is 10.3. The summed E-state index contributed by atoms with van der Waals surface area (Å²) in [4.78, 5) is 3.29. The maximum atomic E-state index is 9.67. The maximum Gasteiger partial charge on any atom is 0.0588 e. The van der Waals surface area contributed by atoms with Crippen LogP contribution in [0.25, 0.3) is 10.9 Å². The van der Waals surface area contributed by atoms with Crippen molar-refractivity contribution in [3.05, 3.63) is 58.4 Å². The summed E-state index contributed by atoms with van der Waals surface area (Å²) in [5.74, 6) is 0. The number of para-hydroxylation sites is 1. The number of aliphatic hydroxyl groups is 1. The third-order valence-corrected chi connectivity index (χ3v) is 4.59. The van der Waals surface area contributed by atoms with Gasteiger partial charge >= 0.3 is 0 Å². The van der Waals surface area contributed by atoms with Crippen LogP contribution >= 0.6 is 11.3 Å². The quantitative estimate of drug-likeness (QED) is 0.652. The van der Waals surface area contributed by atoms with Crippen LogP contribution in [0.1, 0.15) is 24.1 Å². The first-order valence-corrected chi connectivity index (χ1v) is 8.16. The second-order valence-electron chi connectivity index (χ2n) is 5.39. The van der Waals surface area contributed by atoms with Crippen molar-refractivity contribution in [1.82, 2.24) is 10.3 Å². The summed E-state index contributed by atoms with van der Waals surface area (Å²) >= 11 is 1.70. The average Bonchev–Trinajstić information content (AvgIpc) is 3.16. The SMILES string of the molecule is C[C@@H](N[C@H](CO)Cc1c[nH]c2ccccc12)c1ccsc1. The number of aliphatic hydroxyl groups excluding tert-OH is 1. The Morgan fingerprint density at radius 2 is 2.14 bits per heavy atom. The van der Waals surface area contributed by atoms with E-state index in [1.54, 1.807) is 11.3 Å². The molecular formula is C17H20N2OS. The molecule has 2 heterocycles. The maximum absolute atomic E-state index is 9.67. The summed E-state index contributed by atoms with van der Waals surface area (Å²) in [6.07, 6.45) is 2.86. The Kier molecular flexibility index (Phi) is 4.39. The van der Waals surface area contributed by atoms with E-state index >= 15 is 0 Å². The molecule has 0 saturated carbocycles. The second kappa shape index (κ2) is 6.43. The number of fused-ring (bicyclic) bond motifs is 1. The molecule has 3 aromatic rings. The molecule has 0 radical (unpaired) electrons. The van der Waals surface area contributed by atoms with Crippen LogP contribution in [-0.4, -0.2) is 22.7 Å². The van der Waals surface area contributed by atoms with Crippen molar-refractivity contribution < 1.29 is 5.11 Å². The molecule has 3 nitrogen and oxygen atoms in total. The highest BCUT2D eigenvalue weighted by Gasteiger charge is 2.15. The summed E-state index contributed by atoms with van der Waals surface area (Å²) < 4.78 is 0. The van der Waals surface area contributed by atoms with Gasteiger partial charge in [0.15, 0.2) is 0 Å². The van der Waals surface area contributed by atoms with E-state index in [-0.39, 0.29) is 18.7 Å². The number of hydrogen-bond acceptors (Lipinski definition) is 3. The van der Waals surface area contributed by atoms with E-state index in [0.29, 0.717) is 0 Å². The lowest BCUT2D eigenvalue weighted by atomic mass is 10.0. The lowest BCUT2D eigenvalue weighted by Gasteiger charge is -2.21. The third kappa shape index (κ3) is 3.18. The molecule has 21 heavy (non-hydrogen) atoms. The van der Waals surface area contributed by atoms with Crippen molar-refractivity contribution in [2.24, 2.45) is 0 Å². The molecule has 3 N–H and O–H groups in total. The van der Waals surface area contributed by atoms with Crippen molar-refractivity contribution in [3.63, 3.8) is 0 Å². The average molecular weight is 300 g/mol. The molecule has 2 atom stereocenters. The topological polar surface area (TPSA) is 48.0 Å². The van der Waals surface area contributed by atoms with Crippen LogP contribution in [0.3, 0.4) is 0 Å². The number of aromatic amines is 1. The van der Waals surface area contributed by atoms with Crippen LogP contribution in [0, 0.1) is 0 Å². The zero-order chi connectivity index (χ0) is 14.7. The molecule has 1 aromatic carbocycles. The van der Waals surface area contributed by atoms with Gasteiger partial charge in [0.05, 0.1) is 6.61 Å². The molecule has 0 unspecified atom stereocenters. The molecule has 2 aromatic heterocycles. The lowest BCUT2D eigenvalue weighted by molar-refractivity contribution is 0.233. The molecule has 0 saturated heterocycles. The fraction of sp³-hybridized carbons (Fsp3) is 0.294. The largest absolute Gasteiger partial charge is 0.395 e. The number of aromatic nitrogens is 1. The van der Waals surface area contributed by atoms with Gasteiger partial charge in [-0.3, -0.25) is 0 Å². The van der Waals surface area contributed by atoms with Crippen LogP contribution in [0.2, 0.25) is 0 Å². The molecule has 4 heteroatoms. The number of rotatable bonds is 6. The van der Waals surface area contributed by atoms with Gasteiger partial charge in [0.1, 0.15) is 0 Å². The Morgan fingerprint density at radius 1 is 1.29 bits per heavy atom. The van der Waals surface area contributed by atoms with Crippen LogP contribution < -0.4 is 5.32 Å². The predicted molar refractivity (Wildman–Crippen MR) is 88.7 cm³/mol. The van der Waals surface area contributed by atoms with Gasteiger partial charge in [-0.15, -0.1) is 0 Å². The van der Waals surface area contributed by atoms with Crippen molar-refractivity contribution in [2.75, 3.05) is 6.61 Å². The van der Waals surface area contributed by atoms with Crippen molar-refractivity contribution in [1.29, 1.82) is 0 Å². The molecule has 3 rings (SSSR count). The first-order valence-electron chi connectivity index (χ1n) is 7.22. The van der Waals surface area contributed by atoms with E-state index in [1.807, 2.05) is 12.3 Å². The summed E-state index contributed by atoms with van der Waals surface area (Å²) in [7, 11) is 0. The molecule has 0 aliphatic rings. The predicted octanol–water partition coefficient (Wildman–Crippen LogP) is 3.48. The number of hydrogen-bond donors (Lipinski definition) is 3. The van der Waals surface area contributed by atoms with Crippen molar-refractivity contribution >= 4 is 22.2 Å². The molecule has 0 spiro atoms. The van der Waals surface area contributed by atoms with Gasteiger partial charge in [-0.1, -0.05) is 18.2 Å². The van der Waals surface area contributed by atoms with Gasteiger partial charge < -0.3 is 15.4 Å². The Labute approximate surface area is 128 Å². The third-order valence-electron chi connectivity index (χ3n) is 3.89.